The molecule has 0 spiro atoms. The summed E-state index contributed by atoms with van der Waals surface area (Å²) in [7, 11) is 0. The molecule has 0 bridgehead atoms. The number of piperidine rings is 1. The maximum atomic E-state index is 12.4. The molecule has 1 aromatic heterocycles. The van der Waals surface area contributed by atoms with E-state index >= 15 is 0 Å². The number of rotatable bonds is 6. The van der Waals surface area contributed by atoms with E-state index in [1.807, 2.05) is 19.9 Å². The normalized spacial score (nSPS) is 14.5. The Kier molecular flexibility index (Phi) is 7.44. The van der Waals surface area contributed by atoms with Gasteiger partial charge in [0.1, 0.15) is 17.3 Å². The Balaban J connectivity index is 1.90. The molecule has 4 N–H and O–H groups in total. The van der Waals surface area contributed by atoms with Crippen molar-refractivity contribution in [3.05, 3.63) is 17.3 Å². The highest BCUT2D eigenvalue weighted by Gasteiger charge is 2.24. The molecule has 9 nitrogen and oxygen atoms in total. The summed E-state index contributed by atoms with van der Waals surface area (Å²) < 4.78 is 5.32. The van der Waals surface area contributed by atoms with Gasteiger partial charge in [-0.3, -0.25) is 4.79 Å². The number of pyridine rings is 1. The molecule has 1 saturated heterocycles. The fraction of sp³-hybridized carbons (Fsp3) is 0.579. The monoisotopic (exact) mass is 388 g/mol. The predicted molar refractivity (Wildman–Crippen MR) is 105 cm³/mol. The zero-order chi connectivity index (χ0) is 20.7. The molecular formula is C19H28N6O3. The molecule has 0 atom stereocenters. The first kappa shape index (κ1) is 21.3. The van der Waals surface area contributed by atoms with Crippen LogP contribution < -0.4 is 21.1 Å². The Labute approximate surface area is 165 Å². The molecule has 0 saturated carbocycles. The lowest BCUT2D eigenvalue weighted by Gasteiger charge is -2.32. The van der Waals surface area contributed by atoms with Crippen LogP contribution in [0.1, 0.15) is 49.7 Å². The van der Waals surface area contributed by atoms with Crippen LogP contribution in [0, 0.1) is 17.2 Å². The molecule has 0 aliphatic carbocycles. The van der Waals surface area contributed by atoms with Crippen LogP contribution in [-0.2, 0) is 0 Å². The quantitative estimate of drug-likeness (QED) is 0.676. The second-order valence-corrected chi connectivity index (χ2v) is 7.07. The van der Waals surface area contributed by atoms with Gasteiger partial charge in [-0.25, -0.2) is 9.78 Å². The summed E-state index contributed by atoms with van der Waals surface area (Å²) in [6.45, 7) is 7.76. The Bertz CT molecular complexity index is 751. The average molecular weight is 388 g/mol. The number of aromatic nitrogens is 1. The number of nitrogens with zero attached hydrogens (tertiary/aromatic N) is 3. The largest absolute Gasteiger partial charge is 0.477 e. The topological polar surface area (TPSA) is 133 Å². The average Bonchev–Trinajstić information content (AvgIpc) is 2.66. The van der Waals surface area contributed by atoms with Crippen molar-refractivity contribution in [1.29, 1.82) is 5.26 Å². The number of nitrogen functional groups attached to an aromatic ring is 1. The number of urea groups is 1. The number of carbonyl (C=O) groups excluding carboxylic acids is 2. The second kappa shape index (κ2) is 9.78. The number of nitriles is 1. The fourth-order valence-corrected chi connectivity index (χ4v) is 3.02. The van der Waals surface area contributed by atoms with Crippen molar-refractivity contribution in [2.45, 2.75) is 39.7 Å². The highest BCUT2D eigenvalue weighted by Crippen LogP contribution is 2.23. The number of amides is 3. The van der Waals surface area contributed by atoms with E-state index in [9.17, 15) is 9.59 Å². The van der Waals surface area contributed by atoms with Gasteiger partial charge in [0.2, 0.25) is 5.88 Å². The number of ether oxygens (including phenoxy) is 1. The van der Waals surface area contributed by atoms with Crippen molar-refractivity contribution >= 4 is 17.6 Å². The van der Waals surface area contributed by atoms with Crippen LogP contribution in [-0.4, -0.2) is 54.1 Å². The van der Waals surface area contributed by atoms with Gasteiger partial charge >= 0.3 is 6.03 Å². The number of hydrogen-bond acceptors (Lipinski definition) is 6. The van der Waals surface area contributed by atoms with Crippen molar-refractivity contribution < 1.29 is 14.3 Å². The molecule has 1 aliphatic rings. The third-order valence-electron chi connectivity index (χ3n) is 4.51. The van der Waals surface area contributed by atoms with Crippen LogP contribution in [0.15, 0.2) is 6.07 Å². The fourth-order valence-electron chi connectivity index (χ4n) is 3.02. The van der Waals surface area contributed by atoms with Crippen LogP contribution in [0.2, 0.25) is 0 Å². The number of hydrogen-bond donors (Lipinski definition) is 3. The van der Waals surface area contributed by atoms with Crippen molar-refractivity contribution in [1.82, 2.24) is 20.5 Å². The van der Waals surface area contributed by atoms with Gasteiger partial charge in [0, 0.05) is 25.7 Å². The van der Waals surface area contributed by atoms with Gasteiger partial charge in [-0.2, -0.15) is 5.26 Å². The van der Waals surface area contributed by atoms with E-state index < -0.39 is 0 Å². The molecule has 1 aromatic rings. The molecular weight excluding hydrogens is 360 g/mol. The third-order valence-corrected chi connectivity index (χ3v) is 4.51. The van der Waals surface area contributed by atoms with Gasteiger partial charge in [-0.15, -0.1) is 0 Å². The van der Waals surface area contributed by atoms with E-state index in [1.165, 1.54) is 6.07 Å². The van der Waals surface area contributed by atoms with Gasteiger partial charge in [0.15, 0.2) is 0 Å². The van der Waals surface area contributed by atoms with Crippen molar-refractivity contribution in [3.8, 4) is 11.9 Å². The van der Waals surface area contributed by atoms with Gasteiger partial charge in [-0.1, -0.05) is 0 Å². The second-order valence-electron chi connectivity index (χ2n) is 7.07. The Hall–Kier alpha value is -3.02. The summed E-state index contributed by atoms with van der Waals surface area (Å²) in [6.07, 6.45) is 1.64. The Morgan fingerprint density at radius 1 is 1.43 bits per heavy atom. The van der Waals surface area contributed by atoms with Crippen LogP contribution in [0.25, 0.3) is 0 Å². The first-order chi connectivity index (χ1) is 13.3. The maximum Gasteiger partial charge on any atom is 0.317 e. The number of carbonyl (C=O) groups is 2. The molecule has 9 heteroatoms. The van der Waals surface area contributed by atoms with E-state index in [0.29, 0.717) is 26.2 Å². The molecule has 0 aromatic carbocycles. The minimum atomic E-state index is -0.364. The lowest BCUT2D eigenvalue weighted by molar-refractivity contribution is 0.0931. The van der Waals surface area contributed by atoms with E-state index in [4.69, 9.17) is 15.7 Å². The molecule has 2 heterocycles. The lowest BCUT2D eigenvalue weighted by atomic mass is 9.97. The van der Waals surface area contributed by atoms with Crippen molar-refractivity contribution in [2.24, 2.45) is 5.92 Å². The minimum Gasteiger partial charge on any atom is -0.477 e. The SMILES string of the molecule is CCOc1nc(C(=O)NCC2CCN(C(=O)NC(C)C)CC2)cc(N)c1C#N. The lowest BCUT2D eigenvalue weighted by Crippen LogP contribution is -2.47. The van der Waals surface area contributed by atoms with Crippen LogP contribution >= 0.6 is 0 Å². The first-order valence-electron chi connectivity index (χ1n) is 9.52. The summed E-state index contributed by atoms with van der Waals surface area (Å²) in [6, 6.07) is 3.39. The van der Waals surface area contributed by atoms with Crippen molar-refractivity contribution in [3.63, 3.8) is 0 Å². The molecule has 0 unspecified atom stereocenters. The van der Waals surface area contributed by atoms with Crippen molar-refractivity contribution in [2.75, 3.05) is 32.0 Å². The zero-order valence-corrected chi connectivity index (χ0v) is 16.6. The van der Waals surface area contributed by atoms with E-state index in [2.05, 4.69) is 15.6 Å². The summed E-state index contributed by atoms with van der Waals surface area (Å²) in [4.78, 5) is 30.4. The summed E-state index contributed by atoms with van der Waals surface area (Å²) in [5.74, 6) is -0.00844. The number of anilines is 1. The first-order valence-corrected chi connectivity index (χ1v) is 9.52. The minimum absolute atomic E-state index is 0.0433. The molecule has 152 valence electrons. The maximum absolute atomic E-state index is 12.4. The van der Waals surface area contributed by atoms with Gasteiger partial charge in [0.05, 0.1) is 12.3 Å². The molecule has 1 fully saturated rings. The summed E-state index contributed by atoms with van der Waals surface area (Å²) >= 11 is 0. The van der Waals surface area contributed by atoms with Gasteiger partial charge in [-0.05, 0) is 45.6 Å². The highest BCUT2D eigenvalue weighted by atomic mass is 16.5. The van der Waals surface area contributed by atoms with E-state index in [1.54, 1.807) is 11.8 Å². The van der Waals surface area contributed by atoms with E-state index in [-0.39, 0.29) is 46.7 Å². The summed E-state index contributed by atoms with van der Waals surface area (Å²) in [5, 5.41) is 14.9. The molecule has 1 aliphatic heterocycles. The summed E-state index contributed by atoms with van der Waals surface area (Å²) in [5.41, 5.74) is 6.26. The third kappa shape index (κ3) is 5.49. The smallest absolute Gasteiger partial charge is 0.317 e. The van der Waals surface area contributed by atoms with E-state index in [0.717, 1.165) is 12.8 Å². The molecule has 3 amide bonds. The molecule has 2 rings (SSSR count). The number of nitrogens with one attached hydrogen (secondary N) is 2. The van der Waals surface area contributed by atoms with Crippen LogP contribution in [0.4, 0.5) is 10.5 Å². The molecule has 28 heavy (non-hydrogen) atoms. The van der Waals surface area contributed by atoms with Crippen LogP contribution in [0.3, 0.4) is 0 Å². The predicted octanol–water partition coefficient (Wildman–Crippen LogP) is 1.49. The van der Waals surface area contributed by atoms with Gasteiger partial charge in [0.25, 0.3) is 5.91 Å². The van der Waals surface area contributed by atoms with Gasteiger partial charge < -0.3 is 26.0 Å². The number of likely N-dealkylation sites (tertiary alicyclic amines) is 1. The Morgan fingerprint density at radius 3 is 2.68 bits per heavy atom. The molecule has 0 radical (unpaired) electrons. The standard InChI is InChI=1S/C19H28N6O3/c1-4-28-18-14(10-20)15(21)9-16(24-18)17(26)22-11-13-5-7-25(8-6-13)19(27)23-12(2)3/h9,12-13H,4-8,11H2,1-3H3,(H2,21,24)(H,22,26)(H,23,27). The Morgan fingerprint density at radius 2 is 2.11 bits per heavy atom. The zero-order valence-electron chi connectivity index (χ0n) is 16.6. The highest BCUT2D eigenvalue weighted by molar-refractivity contribution is 5.93. The van der Waals surface area contributed by atoms with Crippen LogP contribution in [0.5, 0.6) is 5.88 Å². The number of nitrogens with two attached hydrogens (primary N) is 1.